The number of carbonyl (C=O) groups is 1. The van der Waals surface area contributed by atoms with Crippen molar-refractivity contribution in [3.05, 3.63) is 28.2 Å². The molecule has 0 saturated heterocycles. The maximum atomic E-state index is 11.2. The number of Topliss-reactive ketones (excluding diaryl/α,β-unsaturated/α-hetero) is 1. The lowest BCUT2D eigenvalue weighted by molar-refractivity contribution is -0.116. The summed E-state index contributed by atoms with van der Waals surface area (Å²) in [6, 6.07) is 5.62. The van der Waals surface area contributed by atoms with Crippen LogP contribution in [0.25, 0.3) is 0 Å². The van der Waals surface area contributed by atoms with Gasteiger partial charge in [0, 0.05) is 6.42 Å². The molecule has 1 aromatic rings. The Morgan fingerprint density at radius 1 is 1.53 bits per heavy atom. The predicted molar refractivity (Wildman–Crippen MR) is 64.7 cm³/mol. The van der Waals surface area contributed by atoms with Crippen molar-refractivity contribution < 1.29 is 9.53 Å². The highest BCUT2D eigenvalue weighted by molar-refractivity contribution is 9.10. The number of carbonyl (C=O) groups excluding carboxylic acids is 1. The fourth-order valence-electron chi connectivity index (χ4n) is 1.20. The van der Waals surface area contributed by atoms with Gasteiger partial charge in [-0.25, -0.2) is 0 Å². The second-order valence-corrected chi connectivity index (χ2v) is 4.17. The fraction of sp³-hybridized carbons (Fsp3) is 0.364. The SMILES string of the molecule is CCOc1cc(CC(=O)CCl)ccc1Br. The van der Waals surface area contributed by atoms with Crippen LogP contribution in [0.5, 0.6) is 5.75 Å². The molecule has 82 valence electrons. The van der Waals surface area contributed by atoms with E-state index >= 15 is 0 Å². The third-order valence-corrected chi connectivity index (χ3v) is 2.80. The molecular weight excluding hydrogens is 279 g/mol. The van der Waals surface area contributed by atoms with E-state index in [4.69, 9.17) is 16.3 Å². The molecule has 4 heteroatoms. The van der Waals surface area contributed by atoms with E-state index in [-0.39, 0.29) is 11.7 Å². The van der Waals surface area contributed by atoms with Gasteiger partial charge >= 0.3 is 0 Å². The first-order valence-electron chi connectivity index (χ1n) is 4.66. The topological polar surface area (TPSA) is 26.3 Å². The molecule has 0 atom stereocenters. The van der Waals surface area contributed by atoms with Crippen molar-refractivity contribution in [2.75, 3.05) is 12.5 Å². The highest BCUT2D eigenvalue weighted by atomic mass is 79.9. The standard InChI is InChI=1S/C11H12BrClO2/c1-2-15-11-6-8(3-4-10(11)12)5-9(14)7-13/h3-4,6H,2,5,7H2,1H3. The molecule has 0 fully saturated rings. The van der Waals surface area contributed by atoms with Crippen LogP contribution >= 0.6 is 27.5 Å². The second-order valence-electron chi connectivity index (χ2n) is 3.05. The number of benzene rings is 1. The zero-order chi connectivity index (χ0) is 11.3. The molecule has 0 bridgehead atoms. The van der Waals surface area contributed by atoms with Crippen LogP contribution in [0.15, 0.2) is 22.7 Å². The molecule has 0 aliphatic rings. The van der Waals surface area contributed by atoms with E-state index in [1.54, 1.807) is 0 Å². The molecule has 0 unspecified atom stereocenters. The number of ketones is 1. The van der Waals surface area contributed by atoms with Crippen LogP contribution in [0, 0.1) is 0 Å². The van der Waals surface area contributed by atoms with E-state index in [2.05, 4.69) is 15.9 Å². The van der Waals surface area contributed by atoms with Crippen molar-refractivity contribution in [1.82, 2.24) is 0 Å². The summed E-state index contributed by atoms with van der Waals surface area (Å²) in [6.07, 6.45) is 0.358. The van der Waals surface area contributed by atoms with Crippen LogP contribution in [-0.2, 0) is 11.2 Å². The van der Waals surface area contributed by atoms with Crippen LogP contribution in [0.1, 0.15) is 12.5 Å². The maximum absolute atomic E-state index is 11.2. The minimum atomic E-state index is 0.0152. The smallest absolute Gasteiger partial charge is 0.151 e. The molecule has 0 radical (unpaired) electrons. The van der Waals surface area contributed by atoms with Gasteiger partial charge in [0.15, 0.2) is 5.78 Å². The van der Waals surface area contributed by atoms with Gasteiger partial charge < -0.3 is 4.74 Å². The lowest BCUT2D eigenvalue weighted by Gasteiger charge is -2.07. The van der Waals surface area contributed by atoms with Gasteiger partial charge in [-0.2, -0.15) is 0 Å². The summed E-state index contributed by atoms with van der Waals surface area (Å²) >= 11 is 8.82. The summed E-state index contributed by atoms with van der Waals surface area (Å²) in [7, 11) is 0. The van der Waals surface area contributed by atoms with E-state index < -0.39 is 0 Å². The lowest BCUT2D eigenvalue weighted by Crippen LogP contribution is -2.04. The molecule has 1 rings (SSSR count). The molecule has 0 heterocycles. The molecule has 0 aliphatic heterocycles. The third-order valence-electron chi connectivity index (χ3n) is 1.85. The molecule has 0 aromatic heterocycles. The molecule has 15 heavy (non-hydrogen) atoms. The van der Waals surface area contributed by atoms with E-state index in [0.29, 0.717) is 13.0 Å². The Balaban J connectivity index is 2.82. The Morgan fingerprint density at radius 3 is 2.87 bits per heavy atom. The van der Waals surface area contributed by atoms with Gasteiger partial charge in [0.25, 0.3) is 0 Å². The first-order valence-corrected chi connectivity index (χ1v) is 5.99. The molecular formula is C11H12BrClO2. The number of rotatable bonds is 5. The monoisotopic (exact) mass is 290 g/mol. The number of alkyl halides is 1. The van der Waals surface area contributed by atoms with Gasteiger partial charge in [-0.15, -0.1) is 11.6 Å². The zero-order valence-electron chi connectivity index (χ0n) is 8.43. The minimum absolute atomic E-state index is 0.0152. The van der Waals surface area contributed by atoms with Crippen molar-refractivity contribution in [1.29, 1.82) is 0 Å². The highest BCUT2D eigenvalue weighted by Crippen LogP contribution is 2.26. The average Bonchev–Trinajstić information content (AvgIpc) is 2.23. The predicted octanol–water partition coefficient (Wildman–Crippen LogP) is 3.20. The molecule has 0 aliphatic carbocycles. The highest BCUT2D eigenvalue weighted by Gasteiger charge is 2.06. The van der Waals surface area contributed by atoms with Gasteiger partial charge in [-0.05, 0) is 40.5 Å². The summed E-state index contributed by atoms with van der Waals surface area (Å²) in [5, 5.41) is 0. The second kappa shape index (κ2) is 6.13. The lowest BCUT2D eigenvalue weighted by atomic mass is 10.1. The van der Waals surface area contributed by atoms with E-state index in [0.717, 1.165) is 15.8 Å². The van der Waals surface area contributed by atoms with E-state index in [9.17, 15) is 4.79 Å². The molecule has 0 spiro atoms. The van der Waals surface area contributed by atoms with E-state index in [1.807, 2.05) is 25.1 Å². The first kappa shape index (κ1) is 12.5. The molecule has 1 aromatic carbocycles. The number of halogens is 2. The van der Waals surface area contributed by atoms with E-state index in [1.165, 1.54) is 0 Å². The summed E-state index contributed by atoms with van der Waals surface area (Å²) in [4.78, 5) is 11.2. The average molecular weight is 292 g/mol. The van der Waals surface area contributed by atoms with Gasteiger partial charge in [-0.3, -0.25) is 4.79 Å². The van der Waals surface area contributed by atoms with Gasteiger partial charge in [0.05, 0.1) is 17.0 Å². The van der Waals surface area contributed by atoms with Crippen LogP contribution in [0.3, 0.4) is 0 Å². The zero-order valence-corrected chi connectivity index (χ0v) is 10.8. The molecule has 0 saturated carbocycles. The van der Waals surface area contributed by atoms with Crippen LogP contribution < -0.4 is 4.74 Å². The number of hydrogen-bond donors (Lipinski definition) is 0. The Labute approximate surface area is 103 Å². The van der Waals surface area contributed by atoms with Gasteiger partial charge in [0.1, 0.15) is 5.75 Å². The minimum Gasteiger partial charge on any atom is -0.493 e. The Morgan fingerprint density at radius 2 is 2.27 bits per heavy atom. The summed E-state index contributed by atoms with van der Waals surface area (Å²) in [5.74, 6) is 0.832. The molecule has 2 nitrogen and oxygen atoms in total. The van der Waals surface area contributed by atoms with Crippen molar-refractivity contribution in [2.24, 2.45) is 0 Å². The summed E-state index contributed by atoms with van der Waals surface area (Å²) in [5.41, 5.74) is 0.923. The summed E-state index contributed by atoms with van der Waals surface area (Å²) in [6.45, 7) is 2.52. The Bertz CT molecular complexity index is 352. The summed E-state index contributed by atoms with van der Waals surface area (Å²) < 4.78 is 6.30. The Kier molecular flexibility index (Phi) is 5.12. The number of hydrogen-bond acceptors (Lipinski definition) is 2. The quantitative estimate of drug-likeness (QED) is 0.779. The largest absolute Gasteiger partial charge is 0.493 e. The van der Waals surface area contributed by atoms with Crippen molar-refractivity contribution in [2.45, 2.75) is 13.3 Å². The van der Waals surface area contributed by atoms with Gasteiger partial charge in [0.2, 0.25) is 0 Å². The molecule has 0 amide bonds. The van der Waals surface area contributed by atoms with Crippen molar-refractivity contribution in [3.63, 3.8) is 0 Å². The fourth-order valence-corrected chi connectivity index (χ4v) is 1.65. The molecule has 0 N–H and O–H groups in total. The van der Waals surface area contributed by atoms with Crippen LogP contribution in [0.4, 0.5) is 0 Å². The maximum Gasteiger partial charge on any atom is 0.151 e. The third kappa shape index (κ3) is 3.84. The van der Waals surface area contributed by atoms with Crippen LogP contribution in [-0.4, -0.2) is 18.3 Å². The van der Waals surface area contributed by atoms with Crippen molar-refractivity contribution in [3.8, 4) is 5.75 Å². The number of ether oxygens (including phenoxy) is 1. The normalized spacial score (nSPS) is 10.1. The van der Waals surface area contributed by atoms with Gasteiger partial charge in [-0.1, -0.05) is 6.07 Å². The Hall–Kier alpha value is -0.540. The van der Waals surface area contributed by atoms with Crippen molar-refractivity contribution >= 4 is 33.3 Å². The first-order chi connectivity index (χ1) is 7.17. The van der Waals surface area contributed by atoms with Crippen LogP contribution in [0.2, 0.25) is 0 Å².